The van der Waals surface area contributed by atoms with Gasteiger partial charge in [-0.3, -0.25) is 0 Å². The second-order valence-corrected chi connectivity index (χ2v) is 7.53. The van der Waals surface area contributed by atoms with Crippen LogP contribution in [0.3, 0.4) is 0 Å². The molecule has 112 valence electrons. The summed E-state index contributed by atoms with van der Waals surface area (Å²) in [7, 11) is -3.26. The summed E-state index contributed by atoms with van der Waals surface area (Å²) in [5.41, 5.74) is 0.108. The van der Waals surface area contributed by atoms with Gasteiger partial charge in [-0.15, -0.1) is 0 Å². The quantitative estimate of drug-likeness (QED) is 0.638. The average Bonchev–Trinajstić information content (AvgIpc) is 2.70. The Balaban J connectivity index is 2.07. The fourth-order valence-corrected chi connectivity index (χ4v) is 3.52. The third-order valence-corrected chi connectivity index (χ3v) is 4.77. The molecule has 1 aliphatic heterocycles. The average molecular weight is 422 g/mol. The van der Waals surface area contributed by atoms with E-state index in [-0.39, 0.29) is 17.0 Å². The van der Waals surface area contributed by atoms with Crippen LogP contribution in [0.25, 0.3) is 0 Å². The van der Waals surface area contributed by atoms with Gasteiger partial charge in [-0.2, -0.15) is 0 Å². The molecular formula is C12H11IN2O5S. The Labute approximate surface area is 134 Å². The summed E-state index contributed by atoms with van der Waals surface area (Å²) in [5.74, 6) is -1.36. The number of halogens is 1. The Morgan fingerprint density at radius 3 is 2.62 bits per heavy atom. The lowest BCUT2D eigenvalue weighted by Gasteiger charge is -2.13. The highest BCUT2D eigenvalue weighted by atomic mass is 127. The van der Waals surface area contributed by atoms with Crippen molar-refractivity contribution in [3.05, 3.63) is 38.8 Å². The third kappa shape index (κ3) is 4.17. The molecule has 0 fully saturated rings. The maximum absolute atomic E-state index is 11.8. The normalized spacial score (nSPS) is 19.2. The molecule has 1 aromatic carbocycles. The van der Waals surface area contributed by atoms with E-state index in [0.29, 0.717) is 0 Å². The minimum atomic E-state index is -3.26. The number of hydrogen-bond acceptors (Lipinski definition) is 4. The number of aromatic carboxylic acids is 1. The molecule has 2 rings (SSSR count). The van der Waals surface area contributed by atoms with Crippen molar-refractivity contribution in [3.8, 4) is 0 Å². The van der Waals surface area contributed by atoms with Crippen LogP contribution in [-0.2, 0) is 9.84 Å². The molecule has 0 saturated heterocycles. The van der Waals surface area contributed by atoms with Crippen molar-refractivity contribution < 1.29 is 23.1 Å². The minimum absolute atomic E-state index is 0.0355. The molecule has 2 amide bonds. The molecule has 7 nitrogen and oxygen atoms in total. The van der Waals surface area contributed by atoms with Crippen LogP contribution in [0.4, 0.5) is 10.5 Å². The first-order valence-electron chi connectivity index (χ1n) is 5.78. The van der Waals surface area contributed by atoms with Crippen LogP contribution in [0.5, 0.6) is 0 Å². The molecule has 0 bridgehead atoms. The maximum atomic E-state index is 11.8. The zero-order valence-corrected chi connectivity index (χ0v) is 13.5. The Morgan fingerprint density at radius 2 is 2.05 bits per heavy atom. The molecule has 1 aromatic rings. The number of carboxylic acid groups (broad SMARTS) is 1. The first-order valence-corrected chi connectivity index (χ1v) is 8.57. The van der Waals surface area contributed by atoms with E-state index in [1.807, 2.05) is 22.6 Å². The first kappa shape index (κ1) is 15.8. The molecule has 21 heavy (non-hydrogen) atoms. The van der Waals surface area contributed by atoms with E-state index in [0.717, 1.165) is 8.98 Å². The summed E-state index contributed by atoms with van der Waals surface area (Å²) in [6, 6.07) is 3.28. The number of nitrogens with one attached hydrogen (secondary N) is 2. The molecule has 0 saturated carbocycles. The lowest BCUT2D eigenvalue weighted by molar-refractivity contribution is 0.0698. The van der Waals surface area contributed by atoms with Crippen LogP contribution in [0.15, 0.2) is 29.7 Å². The second kappa shape index (κ2) is 6.02. The molecule has 1 heterocycles. The van der Waals surface area contributed by atoms with Gasteiger partial charge in [0, 0.05) is 8.98 Å². The fraction of sp³-hybridized carbons (Fsp3) is 0.167. The van der Waals surface area contributed by atoms with E-state index in [9.17, 15) is 18.0 Å². The number of amides is 2. The number of benzene rings is 1. The van der Waals surface area contributed by atoms with Gasteiger partial charge in [-0.05, 0) is 46.9 Å². The summed E-state index contributed by atoms with van der Waals surface area (Å²) in [4.78, 5) is 22.9. The van der Waals surface area contributed by atoms with E-state index >= 15 is 0 Å². The van der Waals surface area contributed by atoms with Crippen LogP contribution in [0.2, 0.25) is 0 Å². The second-order valence-electron chi connectivity index (χ2n) is 4.36. The van der Waals surface area contributed by atoms with Gasteiger partial charge in [0.25, 0.3) is 0 Å². The van der Waals surface area contributed by atoms with Gasteiger partial charge < -0.3 is 15.7 Å². The first-order chi connectivity index (χ1) is 9.77. The minimum Gasteiger partial charge on any atom is -0.478 e. The zero-order valence-electron chi connectivity index (χ0n) is 10.5. The number of carboxylic acids is 1. The molecule has 0 radical (unpaired) electrons. The van der Waals surface area contributed by atoms with Gasteiger partial charge in [0.05, 0.1) is 23.0 Å². The third-order valence-electron chi connectivity index (χ3n) is 2.71. The van der Waals surface area contributed by atoms with E-state index < -0.39 is 27.9 Å². The summed E-state index contributed by atoms with van der Waals surface area (Å²) < 4.78 is 23.2. The van der Waals surface area contributed by atoms with Crippen LogP contribution < -0.4 is 10.6 Å². The summed E-state index contributed by atoms with van der Waals surface area (Å²) in [6.45, 7) is 0. The van der Waals surface area contributed by atoms with Crippen molar-refractivity contribution in [3.63, 3.8) is 0 Å². The van der Waals surface area contributed by atoms with Crippen LogP contribution >= 0.6 is 22.6 Å². The van der Waals surface area contributed by atoms with Crippen LogP contribution in [0.1, 0.15) is 10.4 Å². The van der Waals surface area contributed by atoms with Crippen molar-refractivity contribution in [2.75, 3.05) is 11.1 Å². The van der Waals surface area contributed by atoms with Crippen molar-refractivity contribution in [2.24, 2.45) is 0 Å². The van der Waals surface area contributed by atoms with Gasteiger partial charge in [0.1, 0.15) is 0 Å². The van der Waals surface area contributed by atoms with Gasteiger partial charge in [-0.1, -0.05) is 0 Å². The highest BCUT2D eigenvalue weighted by Gasteiger charge is 2.23. The summed E-state index contributed by atoms with van der Waals surface area (Å²) in [5, 5.41) is 15.0. The highest BCUT2D eigenvalue weighted by molar-refractivity contribution is 14.1. The summed E-state index contributed by atoms with van der Waals surface area (Å²) >= 11 is 1.97. The zero-order chi connectivity index (χ0) is 15.6. The van der Waals surface area contributed by atoms with E-state index in [1.54, 1.807) is 6.07 Å². The van der Waals surface area contributed by atoms with Gasteiger partial charge in [-0.25, -0.2) is 18.0 Å². The van der Waals surface area contributed by atoms with E-state index in [4.69, 9.17) is 5.11 Å². The number of carbonyl (C=O) groups is 2. The molecule has 1 unspecified atom stereocenters. The largest absolute Gasteiger partial charge is 0.478 e. The van der Waals surface area contributed by atoms with Gasteiger partial charge in [0.2, 0.25) is 0 Å². The molecule has 0 aliphatic carbocycles. The highest BCUT2D eigenvalue weighted by Crippen LogP contribution is 2.19. The van der Waals surface area contributed by atoms with Gasteiger partial charge >= 0.3 is 12.0 Å². The molecular weight excluding hydrogens is 411 g/mol. The Kier molecular flexibility index (Phi) is 4.52. The molecule has 0 spiro atoms. The number of hydrogen-bond donors (Lipinski definition) is 3. The topological polar surface area (TPSA) is 113 Å². The summed E-state index contributed by atoms with van der Waals surface area (Å²) in [6.07, 6.45) is 1.38. The smallest absolute Gasteiger partial charge is 0.337 e. The standard InChI is InChI=1S/C12H11IN2O5S/c13-7-1-2-10(9(5-7)11(16)17)15-12(18)14-8-3-4-21(19,20)6-8/h1-5,8H,6H2,(H,16,17)(H2,14,15,18). The fourth-order valence-electron chi connectivity index (χ4n) is 1.79. The molecule has 0 aromatic heterocycles. The molecule has 3 N–H and O–H groups in total. The van der Waals surface area contributed by atoms with E-state index in [1.165, 1.54) is 18.2 Å². The number of sulfone groups is 1. The Hall–Kier alpha value is -1.62. The predicted molar refractivity (Wildman–Crippen MR) is 85.0 cm³/mol. The van der Waals surface area contributed by atoms with Crippen LogP contribution in [0, 0.1) is 3.57 Å². The molecule has 1 atom stereocenters. The Bertz CT molecular complexity index is 729. The monoisotopic (exact) mass is 422 g/mol. The number of rotatable bonds is 3. The lowest BCUT2D eigenvalue weighted by Crippen LogP contribution is -2.38. The van der Waals surface area contributed by atoms with Crippen molar-refractivity contribution >= 4 is 50.1 Å². The van der Waals surface area contributed by atoms with Crippen molar-refractivity contribution in [1.29, 1.82) is 0 Å². The number of carbonyl (C=O) groups excluding carboxylic acids is 1. The number of anilines is 1. The lowest BCUT2D eigenvalue weighted by atomic mass is 10.2. The Morgan fingerprint density at radius 1 is 1.33 bits per heavy atom. The molecule has 1 aliphatic rings. The number of urea groups is 1. The van der Waals surface area contributed by atoms with E-state index in [2.05, 4.69) is 10.6 Å². The van der Waals surface area contributed by atoms with Gasteiger partial charge in [0.15, 0.2) is 9.84 Å². The SMILES string of the molecule is O=C(Nc1ccc(I)cc1C(=O)O)NC1C=CS(=O)(=O)C1. The molecule has 9 heteroatoms. The van der Waals surface area contributed by atoms with Crippen molar-refractivity contribution in [2.45, 2.75) is 6.04 Å². The van der Waals surface area contributed by atoms with Crippen LogP contribution in [-0.4, -0.2) is 37.3 Å². The van der Waals surface area contributed by atoms with Crippen molar-refractivity contribution in [1.82, 2.24) is 5.32 Å². The predicted octanol–water partition coefficient (Wildman–Crippen LogP) is 1.42. The maximum Gasteiger partial charge on any atom is 0.337 e.